The highest BCUT2D eigenvalue weighted by molar-refractivity contribution is 5.70. The number of benzene rings is 4. The van der Waals surface area contributed by atoms with E-state index in [0.29, 0.717) is 11.7 Å². The van der Waals surface area contributed by atoms with Crippen LogP contribution in [0.2, 0.25) is 0 Å². The number of ether oxygens (including phenoxy) is 4. The van der Waals surface area contributed by atoms with Gasteiger partial charge in [0.2, 0.25) is 5.88 Å². The maximum atomic E-state index is 7.34. The summed E-state index contributed by atoms with van der Waals surface area (Å²) in [5.41, 5.74) is 5.43. The summed E-state index contributed by atoms with van der Waals surface area (Å²) in [6.45, 7) is 4.21. The lowest BCUT2D eigenvalue weighted by Crippen LogP contribution is -2.51. The van der Waals surface area contributed by atoms with Crippen LogP contribution in [0.5, 0.6) is 17.4 Å². The number of fused-ring (bicyclic) bond motifs is 5. The predicted molar refractivity (Wildman–Crippen MR) is 161 cm³/mol. The van der Waals surface area contributed by atoms with E-state index in [1.807, 2.05) is 60.7 Å². The second-order valence-electron chi connectivity index (χ2n) is 10.9. The number of aryl methyl sites for hydroxylation is 2. The average Bonchev–Trinajstić information content (AvgIpc) is 3.46. The highest BCUT2D eigenvalue weighted by atomic mass is 16.6. The van der Waals surface area contributed by atoms with Crippen LogP contribution in [0.4, 0.5) is 0 Å². The number of hydrogen-bond donors (Lipinski definition) is 0. The molecule has 2 heterocycles. The van der Waals surface area contributed by atoms with Crippen molar-refractivity contribution in [2.75, 3.05) is 21.3 Å². The Balaban J connectivity index is 1.66. The summed E-state index contributed by atoms with van der Waals surface area (Å²) in [5, 5.41) is 0. The van der Waals surface area contributed by atoms with Crippen molar-refractivity contribution in [1.29, 1.82) is 0 Å². The molecule has 0 fully saturated rings. The van der Waals surface area contributed by atoms with Gasteiger partial charge in [0, 0.05) is 23.8 Å². The molecule has 0 bridgehead atoms. The molecule has 0 radical (unpaired) electrons. The zero-order valence-corrected chi connectivity index (χ0v) is 24.3. The Kier molecular flexibility index (Phi) is 6.06. The molecule has 6 nitrogen and oxygen atoms in total. The molecule has 1 aliphatic carbocycles. The van der Waals surface area contributed by atoms with Gasteiger partial charge in [-0.3, -0.25) is 0 Å². The molecular weight excluding hydrogens is 524 g/mol. The van der Waals surface area contributed by atoms with Crippen molar-refractivity contribution in [2.24, 2.45) is 0 Å². The van der Waals surface area contributed by atoms with Gasteiger partial charge >= 0.3 is 0 Å². The van der Waals surface area contributed by atoms with Crippen LogP contribution in [0.3, 0.4) is 0 Å². The Morgan fingerprint density at radius 2 is 1.45 bits per heavy atom. The van der Waals surface area contributed by atoms with Gasteiger partial charge in [-0.2, -0.15) is 4.98 Å². The number of hydrogen-bond acceptors (Lipinski definition) is 6. The maximum absolute atomic E-state index is 7.34. The maximum Gasteiger partial charge on any atom is 0.221 e. The summed E-state index contributed by atoms with van der Waals surface area (Å²) < 4.78 is 25.8. The summed E-state index contributed by atoms with van der Waals surface area (Å²) in [7, 11) is 5.09. The molecule has 1 aromatic heterocycles. The molecule has 4 aromatic carbocycles. The molecule has 0 unspecified atom stereocenters. The molecule has 0 saturated heterocycles. The molecule has 3 atom stereocenters. The normalized spacial score (nSPS) is 21.7. The van der Waals surface area contributed by atoms with Crippen molar-refractivity contribution in [3.8, 4) is 28.8 Å². The summed E-state index contributed by atoms with van der Waals surface area (Å²) in [5.74, 6) is 2.25. The van der Waals surface area contributed by atoms with E-state index in [-0.39, 0.29) is 5.92 Å². The molecule has 7 rings (SSSR count). The summed E-state index contributed by atoms with van der Waals surface area (Å²) in [6, 6.07) is 32.7. The third-order valence-corrected chi connectivity index (χ3v) is 8.71. The van der Waals surface area contributed by atoms with E-state index in [4.69, 9.17) is 28.9 Å². The molecule has 0 spiro atoms. The lowest BCUT2D eigenvalue weighted by molar-refractivity contribution is -0.114. The largest absolute Gasteiger partial charge is 0.497 e. The van der Waals surface area contributed by atoms with E-state index in [9.17, 15) is 0 Å². The zero-order chi connectivity index (χ0) is 29.1. The fourth-order valence-corrected chi connectivity index (χ4v) is 7.17. The van der Waals surface area contributed by atoms with Crippen molar-refractivity contribution in [3.63, 3.8) is 0 Å². The average molecular weight is 557 g/mol. The molecule has 42 heavy (non-hydrogen) atoms. The van der Waals surface area contributed by atoms with E-state index in [2.05, 4.69) is 50.2 Å². The number of methoxy groups -OCH3 is 3. The highest BCUT2D eigenvalue weighted by Crippen LogP contribution is 2.71. The van der Waals surface area contributed by atoms with Gasteiger partial charge < -0.3 is 18.9 Å². The van der Waals surface area contributed by atoms with Crippen LogP contribution >= 0.6 is 0 Å². The highest BCUT2D eigenvalue weighted by Gasteiger charge is 2.74. The van der Waals surface area contributed by atoms with E-state index in [1.165, 1.54) is 0 Å². The molecule has 5 aromatic rings. The van der Waals surface area contributed by atoms with E-state index in [1.54, 1.807) is 21.3 Å². The molecular formula is C36H32N2O4. The van der Waals surface area contributed by atoms with Gasteiger partial charge in [-0.15, -0.1) is 0 Å². The monoisotopic (exact) mass is 556 g/mol. The van der Waals surface area contributed by atoms with Gasteiger partial charge in [0.05, 0.1) is 31.4 Å². The van der Waals surface area contributed by atoms with Crippen molar-refractivity contribution in [3.05, 3.63) is 136 Å². The molecule has 0 saturated carbocycles. The standard InChI is InChI=1S/C36H32N2O4/c1-22-20-23(2)30-28(21-22)42-35(26-16-18-27(39-3)19-17-26)31(24-12-8-6-9-13-24)29-32(36(30,35)41-5)37-33(38-34(29)40-4)25-14-10-7-11-15-25/h6-21,31H,1-5H3/t31-,35+,36+/m1/s1. The Labute approximate surface area is 245 Å². The topological polar surface area (TPSA) is 62.7 Å². The molecule has 210 valence electrons. The Morgan fingerprint density at radius 3 is 2.10 bits per heavy atom. The van der Waals surface area contributed by atoms with Crippen molar-refractivity contribution < 1.29 is 18.9 Å². The van der Waals surface area contributed by atoms with Gasteiger partial charge in [-0.05, 0) is 48.7 Å². The first kappa shape index (κ1) is 26.2. The van der Waals surface area contributed by atoms with Gasteiger partial charge in [0.15, 0.2) is 17.0 Å². The number of nitrogens with zero attached hydrogens (tertiary/aromatic N) is 2. The first-order valence-corrected chi connectivity index (χ1v) is 14.1. The van der Waals surface area contributed by atoms with Crippen LogP contribution in [0.15, 0.2) is 97.1 Å². The lowest BCUT2D eigenvalue weighted by Gasteiger charge is -2.42. The van der Waals surface area contributed by atoms with Crippen LogP contribution in [-0.4, -0.2) is 31.3 Å². The van der Waals surface area contributed by atoms with E-state index < -0.39 is 11.2 Å². The van der Waals surface area contributed by atoms with Gasteiger partial charge in [0.1, 0.15) is 11.5 Å². The number of rotatable bonds is 6. The van der Waals surface area contributed by atoms with Crippen molar-refractivity contribution in [2.45, 2.75) is 31.0 Å². The quantitative estimate of drug-likeness (QED) is 0.222. The third-order valence-electron chi connectivity index (χ3n) is 8.71. The molecule has 1 aliphatic heterocycles. The minimum absolute atomic E-state index is 0.367. The summed E-state index contributed by atoms with van der Waals surface area (Å²) >= 11 is 0. The fraction of sp³-hybridized carbons (Fsp3) is 0.222. The SMILES string of the molecule is COc1ccc([C@@]23Oc4cc(C)cc(C)c4[C@]2(OC)c2nc(-c4ccccc4)nc(OC)c2[C@H]3c2ccccc2)cc1. The second-order valence-corrected chi connectivity index (χ2v) is 10.9. The molecule has 0 N–H and O–H groups in total. The van der Waals surface area contributed by atoms with Crippen LogP contribution in [0.25, 0.3) is 11.4 Å². The van der Waals surface area contributed by atoms with Crippen molar-refractivity contribution >= 4 is 0 Å². The van der Waals surface area contributed by atoms with E-state index in [0.717, 1.165) is 56.1 Å². The van der Waals surface area contributed by atoms with Gasteiger partial charge in [0.25, 0.3) is 0 Å². The first-order valence-electron chi connectivity index (χ1n) is 14.1. The minimum atomic E-state index is -1.12. The molecule has 6 heteroatoms. The van der Waals surface area contributed by atoms with Gasteiger partial charge in [-0.25, -0.2) is 4.98 Å². The Bertz CT molecular complexity index is 1790. The predicted octanol–water partition coefficient (Wildman–Crippen LogP) is 7.10. The summed E-state index contributed by atoms with van der Waals surface area (Å²) in [6.07, 6.45) is 0. The molecule has 0 amide bonds. The van der Waals surface area contributed by atoms with Crippen LogP contribution in [0.1, 0.15) is 45.0 Å². The smallest absolute Gasteiger partial charge is 0.221 e. The zero-order valence-electron chi connectivity index (χ0n) is 24.3. The van der Waals surface area contributed by atoms with E-state index >= 15 is 0 Å². The number of aromatic nitrogens is 2. The van der Waals surface area contributed by atoms with Crippen molar-refractivity contribution in [1.82, 2.24) is 9.97 Å². The molecule has 2 aliphatic rings. The summed E-state index contributed by atoms with van der Waals surface area (Å²) in [4.78, 5) is 10.3. The first-order chi connectivity index (χ1) is 20.5. The fourth-order valence-electron chi connectivity index (χ4n) is 7.17. The second kappa shape index (κ2) is 9.71. The van der Waals surface area contributed by atoms with Crippen LogP contribution in [-0.2, 0) is 15.9 Å². The van der Waals surface area contributed by atoms with Crippen LogP contribution < -0.4 is 14.2 Å². The van der Waals surface area contributed by atoms with Gasteiger partial charge in [-0.1, -0.05) is 78.9 Å². The third kappa shape index (κ3) is 3.42. The van der Waals surface area contributed by atoms with Crippen LogP contribution in [0, 0.1) is 13.8 Å². The Morgan fingerprint density at radius 1 is 0.762 bits per heavy atom. The Hall–Kier alpha value is -4.68. The lowest BCUT2D eigenvalue weighted by atomic mass is 9.69. The minimum Gasteiger partial charge on any atom is -0.497 e.